The highest BCUT2D eigenvalue weighted by molar-refractivity contribution is 4.57. The van der Waals surface area contributed by atoms with Crippen LogP contribution in [0.25, 0.3) is 0 Å². The molecule has 0 saturated heterocycles. The second-order valence-corrected chi connectivity index (χ2v) is 2.82. The average molecular weight is 145 g/mol. The summed E-state index contributed by atoms with van der Waals surface area (Å²) >= 11 is 0. The van der Waals surface area contributed by atoms with Gasteiger partial charge in [0.2, 0.25) is 0 Å². The van der Waals surface area contributed by atoms with Crippen molar-refractivity contribution in [2.24, 2.45) is 5.73 Å². The highest BCUT2D eigenvalue weighted by atomic mass is 16.5. The van der Waals surface area contributed by atoms with Gasteiger partial charge < -0.3 is 10.5 Å². The molecule has 0 fully saturated rings. The molecule has 0 aliphatic rings. The van der Waals surface area contributed by atoms with Gasteiger partial charge in [-0.15, -0.1) is 0 Å². The van der Waals surface area contributed by atoms with E-state index in [0.717, 1.165) is 19.4 Å². The maximum atomic E-state index is 5.58. The zero-order valence-electron chi connectivity index (χ0n) is 7.26. The molecular formula is C8H19NO. The molecule has 0 radical (unpaired) electrons. The van der Waals surface area contributed by atoms with Gasteiger partial charge in [-0.1, -0.05) is 0 Å². The van der Waals surface area contributed by atoms with Crippen molar-refractivity contribution in [1.82, 2.24) is 0 Å². The summed E-state index contributed by atoms with van der Waals surface area (Å²) in [5.74, 6) is 0. The van der Waals surface area contributed by atoms with Crippen molar-refractivity contribution in [1.29, 1.82) is 0 Å². The predicted octanol–water partition coefficient (Wildman–Crippen LogP) is 1.54. The van der Waals surface area contributed by atoms with Crippen molar-refractivity contribution in [2.45, 2.75) is 45.8 Å². The SMILES string of the molecule is CCOC(C)CC[C@@H](C)N. The average Bonchev–Trinajstić information content (AvgIpc) is 1.85. The number of nitrogens with two attached hydrogens (primary N) is 1. The maximum absolute atomic E-state index is 5.58. The number of hydrogen-bond acceptors (Lipinski definition) is 2. The van der Waals surface area contributed by atoms with Crippen molar-refractivity contribution >= 4 is 0 Å². The van der Waals surface area contributed by atoms with E-state index in [-0.39, 0.29) is 0 Å². The zero-order valence-corrected chi connectivity index (χ0v) is 7.26. The van der Waals surface area contributed by atoms with E-state index in [4.69, 9.17) is 10.5 Å². The summed E-state index contributed by atoms with van der Waals surface area (Å²) in [6, 6.07) is 0.308. The van der Waals surface area contributed by atoms with Crippen molar-refractivity contribution < 1.29 is 4.74 Å². The number of rotatable bonds is 5. The Hall–Kier alpha value is -0.0800. The monoisotopic (exact) mass is 145 g/mol. The van der Waals surface area contributed by atoms with Gasteiger partial charge >= 0.3 is 0 Å². The Morgan fingerprint density at radius 2 is 1.90 bits per heavy atom. The van der Waals surface area contributed by atoms with Crippen LogP contribution in [0.3, 0.4) is 0 Å². The highest BCUT2D eigenvalue weighted by Gasteiger charge is 2.01. The van der Waals surface area contributed by atoms with Crippen LogP contribution in [0.5, 0.6) is 0 Å². The summed E-state index contributed by atoms with van der Waals surface area (Å²) in [4.78, 5) is 0. The lowest BCUT2D eigenvalue weighted by molar-refractivity contribution is 0.0678. The first kappa shape index (κ1) is 9.92. The van der Waals surface area contributed by atoms with Gasteiger partial charge in [0.15, 0.2) is 0 Å². The molecular weight excluding hydrogens is 126 g/mol. The number of ether oxygens (including phenoxy) is 1. The fourth-order valence-electron chi connectivity index (χ4n) is 0.865. The fraction of sp³-hybridized carbons (Fsp3) is 1.00. The molecule has 0 spiro atoms. The zero-order chi connectivity index (χ0) is 7.98. The molecule has 2 nitrogen and oxygen atoms in total. The molecule has 0 aliphatic heterocycles. The van der Waals surface area contributed by atoms with Gasteiger partial charge in [-0.25, -0.2) is 0 Å². The standard InChI is InChI=1S/C8H19NO/c1-4-10-8(3)6-5-7(2)9/h7-8H,4-6,9H2,1-3H3/t7-,8?/m1/s1. The van der Waals surface area contributed by atoms with E-state index in [0.29, 0.717) is 12.1 Å². The van der Waals surface area contributed by atoms with Gasteiger partial charge in [-0.05, 0) is 33.6 Å². The molecule has 2 atom stereocenters. The molecule has 0 bridgehead atoms. The summed E-state index contributed by atoms with van der Waals surface area (Å²) in [5.41, 5.74) is 5.58. The summed E-state index contributed by atoms with van der Waals surface area (Å²) in [6.07, 6.45) is 2.50. The van der Waals surface area contributed by atoms with Gasteiger partial charge in [0, 0.05) is 12.6 Å². The molecule has 0 aromatic heterocycles. The first-order chi connectivity index (χ1) is 4.66. The minimum absolute atomic E-state index is 0.308. The van der Waals surface area contributed by atoms with Crippen LogP contribution < -0.4 is 5.73 Å². The van der Waals surface area contributed by atoms with Crippen molar-refractivity contribution in [3.63, 3.8) is 0 Å². The lowest BCUT2D eigenvalue weighted by Crippen LogP contribution is -2.18. The van der Waals surface area contributed by atoms with Crippen LogP contribution in [-0.4, -0.2) is 18.8 Å². The molecule has 1 unspecified atom stereocenters. The van der Waals surface area contributed by atoms with E-state index in [1.54, 1.807) is 0 Å². The molecule has 0 rings (SSSR count). The van der Waals surface area contributed by atoms with E-state index >= 15 is 0 Å². The molecule has 2 N–H and O–H groups in total. The third-order valence-corrected chi connectivity index (χ3v) is 1.48. The van der Waals surface area contributed by atoms with Gasteiger partial charge in [0.25, 0.3) is 0 Å². The predicted molar refractivity (Wildman–Crippen MR) is 44.0 cm³/mol. The third kappa shape index (κ3) is 6.05. The Labute approximate surface area is 63.7 Å². The third-order valence-electron chi connectivity index (χ3n) is 1.48. The van der Waals surface area contributed by atoms with Crippen LogP contribution in [0, 0.1) is 0 Å². The Balaban J connectivity index is 3.12. The first-order valence-electron chi connectivity index (χ1n) is 4.04. The van der Waals surface area contributed by atoms with Crippen LogP contribution in [0.2, 0.25) is 0 Å². The molecule has 62 valence electrons. The second kappa shape index (κ2) is 5.69. The quantitative estimate of drug-likeness (QED) is 0.637. The lowest BCUT2D eigenvalue weighted by atomic mass is 10.1. The topological polar surface area (TPSA) is 35.2 Å². The van der Waals surface area contributed by atoms with Crippen molar-refractivity contribution in [3.05, 3.63) is 0 Å². The summed E-state index contributed by atoms with van der Waals surface area (Å²) in [5, 5.41) is 0. The van der Waals surface area contributed by atoms with Crippen LogP contribution in [0.15, 0.2) is 0 Å². The molecule has 0 saturated carbocycles. The summed E-state index contributed by atoms with van der Waals surface area (Å²) in [7, 11) is 0. The van der Waals surface area contributed by atoms with Gasteiger partial charge in [0.05, 0.1) is 6.10 Å². The van der Waals surface area contributed by atoms with Crippen molar-refractivity contribution in [3.8, 4) is 0 Å². The minimum atomic E-state index is 0.308. The summed E-state index contributed by atoms with van der Waals surface area (Å²) in [6.45, 7) is 6.94. The van der Waals surface area contributed by atoms with Gasteiger partial charge in [-0.2, -0.15) is 0 Å². The first-order valence-corrected chi connectivity index (χ1v) is 4.04. The highest BCUT2D eigenvalue weighted by Crippen LogP contribution is 2.02. The minimum Gasteiger partial charge on any atom is -0.379 e. The van der Waals surface area contributed by atoms with Crippen LogP contribution in [0.1, 0.15) is 33.6 Å². The van der Waals surface area contributed by atoms with E-state index < -0.39 is 0 Å². The normalized spacial score (nSPS) is 16.8. The Bertz CT molecular complexity index is 73.7. The number of hydrogen-bond donors (Lipinski definition) is 1. The van der Waals surface area contributed by atoms with E-state index in [2.05, 4.69) is 6.92 Å². The Morgan fingerprint density at radius 3 is 2.30 bits per heavy atom. The van der Waals surface area contributed by atoms with E-state index in [9.17, 15) is 0 Å². The van der Waals surface area contributed by atoms with Crippen LogP contribution >= 0.6 is 0 Å². The molecule has 0 aromatic rings. The summed E-state index contributed by atoms with van der Waals surface area (Å²) < 4.78 is 5.34. The van der Waals surface area contributed by atoms with Crippen LogP contribution in [0.4, 0.5) is 0 Å². The van der Waals surface area contributed by atoms with Crippen LogP contribution in [-0.2, 0) is 4.74 Å². The van der Waals surface area contributed by atoms with E-state index in [1.807, 2.05) is 13.8 Å². The van der Waals surface area contributed by atoms with E-state index in [1.165, 1.54) is 0 Å². The molecule has 0 amide bonds. The van der Waals surface area contributed by atoms with Crippen molar-refractivity contribution in [2.75, 3.05) is 6.61 Å². The van der Waals surface area contributed by atoms with Gasteiger partial charge in [-0.3, -0.25) is 0 Å². The lowest BCUT2D eigenvalue weighted by Gasteiger charge is -2.12. The second-order valence-electron chi connectivity index (χ2n) is 2.82. The fourth-order valence-corrected chi connectivity index (χ4v) is 0.865. The molecule has 10 heavy (non-hydrogen) atoms. The molecule has 0 aliphatic carbocycles. The Kier molecular flexibility index (Phi) is 5.64. The molecule has 0 heterocycles. The largest absolute Gasteiger partial charge is 0.379 e. The Morgan fingerprint density at radius 1 is 1.30 bits per heavy atom. The maximum Gasteiger partial charge on any atom is 0.0547 e. The molecule has 0 aromatic carbocycles. The molecule has 2 heteroatoms. The van der Waals surface area contributed by atoms with Gasteiger partial charge in [0.1, 0.15) is 0 Å². The smallest absolute Gasteiger partial charge is 0.0547 e.